The lowest BCUT2D eigenvalue weighted by atomic mass is 9.41. The van der Waals surface area contributed by atoms with Gasteiger partial charge in [-0.2, -0.15) is 0 Å². The van der Waals surface area contributed by atoms with Crippen LogP contribution in [0.3, 0.4) is 0 Å². The molecule has 6 heteroatoms. The maximum atomic E-state index is 13.7. The van der Waals surface area contributed by atoms with Crippen molar-refractivity contribution in [2.24, 2.45) is 46.3 Å². The summed E-state index contributed by atoms with van der Waals surface area (Å²) < 4.78 is 6.09. The minimum Gasteiger partial charge on any atom is -0.390 e. The molecule has 1 heterocycles. The minimum absolute atomic E-state index is 0.0288. The highest BCUT2D eigenvalue weighted by Crippen LogP contribution is 2.71. The third kappa shape index (κ3) is 3.05. The van der Waals surface area contributed by atoms with E-state index in [2.05, 4.69) is 27.7 Å². The first-order valence-corrected chi connectivity index (χ1v) is 14.5. The van der Waals surface area contributed by atoms with Crippen molar-refractivity contribution < 1.29 is 30.0 Å². The van der Waals surface area contributed by atoms with Crippen molar-refractivity contribution in [2.45, 2.75) is 122 Å². The predicted octanol–water partition coefficient (Wildman–Crippen LogP) is 3.39. The van der Waals surface area contributed by atoms with Crippen molar-refractivity contribution in [3.05, 3.63) is 11.6 Å². The summed E-state index contributed by atoms with van der Waals surface area (Å²) >= 11 is 0. The monoisotopic (exact) mass is 502 g/mol. The van der Waals surface area contributed by atoms with Crippen LogP contribution < -0.4 is 0 Å². The van der Waals surface area contributed by atoms with Gasteiger partial charge in [0.1, 0.15) is 6.10 Å². The van der Waals surface area contributed by atoms with Gasteiger partial charge in [-0.15, -0.1) is 0 Å². The number of ketones is 1. The van der Waals surface area contributed by atoms with Gasteiger partial charge in [-0.3, -0.25) is 4.79 Å². The lowest BCUT2D eigenvalue weighted by Gasteiger charge is -2.64. The molecule has 0 aromatic heterocycles. The Morgan fingerprint density at radius 2 is 1.83 bits per heavy atom. The topological polar surface area (TPSA) is 111 Å². The lowest BCUT2D eigenvalue weighted by molar-refractivity contribution is -0.191. The zero-order chi connectivity index (χ0) is 26.0. The molecule has 0 aromatic rings. The molecule has 0 unspecified atom stereocenters. The Labute approximate surface area is 215 Å². The molecule has 0 radical (unpaired) electrons. The predicted molar refractivity (Wildman–Crippen MR) is 135 cm³/mol. The maximum absolute atomic E-state index is 13.7. The van der Waals surface area contributed by atoms with E-state index in [-0.39, 0.29) is 47.1 Å². The molecular formula is C30H46O6. The fraction of sp³-hybridized carbons (Fsp3) is 0.900. The molecule has 5 aliphatic carbocycles. The van der Waals surface area contributed by atoms with Gasteiger partial charge in [-0.05, 0) is 98.5 Å². The first-order valence-electron chi connectivity index (χ1n) is 14.5. The number of epoxide rings is 1. The Morgan fingerprint density at radius 3 is 2.53 bits per heavy atom. The van der Waals surface area contributed by atoms with E-state index in [1.165, 1.54) is 0 Å². The standard InChI is InChI=1S/C30H46O6/c1-15(2)16(3)25-26(36-25)28(5,34)22-9-12-30(35)19-13-20(31)23-17-7-6-10-29(23,14-21(32)24(17)33)18(19)8-11-27(22,30)4/h13,15-18,21-26,32-35H,6-12,14H2,1-5H3/t16-,17-,18+,21+,22+,23+,24-,25+,26-,27-,28-,29-,30-/m1/s1. The van der Waals surface area contributed by atoms with Crippen molar-refractivity contribution in [3.8, 4) is 0 Å². The van der Waals surface area contributed by atoms with Gasteiger partial charge in [0.2, 0.25) is 0 Å². The highest BCUT2D eigenvalue weighted by atomic mass is 16.6. The molecule has 2 bridgehead atoms. The second-order valence-corrected chi connectivity index (χ2v) is 14.3. The van der Waals surface area contributed by atoms with Crippen molar-refractivity contribution in [1.82, 2.24) is 0 Å². The minimum atomic E-state index is -1.15. The van der Waals surface area contributed by atoms with Crippen molar-refractivity contribution >= 4 is 5.78 Å². The average Bonchev–Trinajstić information content (AvgIpc) is 3.56. The Balaban J connectivity index is 1.35. The fourth-order valence-corrected chi connectivity index (χ4v) is 10.4. The van der Waals surface area contributed by atoms with E-state index in [0.717, 1.165) is 37.7 Å². The first kappa shape index (κ1) is 25.5. The quantitative estimate of drug-likeness (QED) is 0.439. The van der Waals surface area contributed by atoms with Crippen LogP contribution in [0.2, 0.25) is 0 Å². The molecule has 6 nitrogen and oxygen atoms in total. The van der Waals surface area contributed by atoms with Gasteiger partial charge in [0, 0.05) is 11.3 Å². The number of allylic oxidation sites excluding steroid dienone is 1. The molecule has 202 valence electrons. The van der Waals surface area contributed by atoms with Gasteiger partial charge in [-0.1, -0.05) is 34.1 Å². The number of aliphatic hydroxyl groups excluding tert-OH is 2. The second kappa shape index (κ2) is 7.88. The lowest BCUT2D eigenvalue weighted by Crippen LogP contribution is -2.66. The Bertz CT molecular complexity index is 972. The first-order chi connectivity index (χ1) is 16.8. The summed E-state index contributed by atoms with van der Waals surface area (Å²) in [6.45, 7) is 10.6. The molecule has 4 N–H and O–H groups in total. The summed E-state index contributed by atoms with van der Waals surface area (Å²) in [6, 6.07) is 0. The Hall–Kier alpha value is -0.790. The van der Waals surface area contributed by atoms with Crippen LogP contribution in [0.1, 0.15) is 86.0 Å². The van der Waals surface area contributed by atoms with Crippen molar-refractivity contribution in [1.29, 1.82) is 0 Å². The molecule has 6 rings (SSSR count). The Morgan fingerprint density at radius 1 is 1.11 bits per heavy atom. The number of rotatable bonds is 4. The molecule has 0 spiro atoms. The maximum Gasteiger partial charge on any atom is 0.159 e. The van der Waals surface area contributed by atoms with Crippen LogP contribution in [0.15, 0.2) is 11.6 Å². The number of ether oxygens (including phenoxy) is 1. The highest BCUT2D eigenvalue weighted by Gasteiger charge is 2.72. The summed E-state index contributed by atoms with van der Waals surface area (Å²) in [5.74, 6) is 0.307. The molecule has 1 aliphatic heterocycles. The van der Waals surface area contributed by atoms with Crippen LogP contribution in [0.5, 0.6) is 0 Å². The van der Waals surface area contributed by atoms with Crippen LogP contribution in [-0.4, -0.2) is 61.8 Å². The summed E-state index contributed by atoms with van der Waals surface area (Å²) in [5, 5.41) is 46.0. The van der Waals surface area contributed by atoms with E-state index in [9.17, 15) is 25.2 Å². The molecular weight excluding hydrogens is 456 g/mol. The van der Waals surface area contributed by atoms with E-state index in [4.69, 9.17) is 4.74 Å². The van der Waals surface area contributed by atoms with Crippen LogP contribution in [0, 0.1) is 46.3 Å². The molecule has 6 aliphatic rings. The van der Waals surface area contributed by atoms with E-state index in [0.29, 0.717) is 31.1 Å². The number of aliphatic hydroxyl groups is 4. The molecule has 0 amide bonds. The third-order valence-corrected chi connectivity index (χ3v) is 12.6. The van der Waals surface area contributed by atoms with E-state index in [1.807, 2.05) is 6.92 Å². The van der Waals surface area contributed by atoms with E-state index in [1.54, 1.807) is 6.08 Å². The normalized spacial score (nSPS) is 54.2. The number of hydrogen-bond acceptors (Lipinski definition) is 6. The highest BCUT2D eigenvalue weighted by molar-refractivity contribution is 5.95. The molecule has 0 aromatic carbocycles. The molecule has 4 saturated carbocycles. The van der Waals surface area contributed by atoms with E-state index >= 15 is 0 Å². The third-order valence-electron chi connectivity index (χ3n) is 12.6. The number of carbonyl (C=O) groups excluding carboxylic acids is 1. The zero-order valence-corrected chi connectivity index (χ0v) is 22.6. The van der Waals surface area contributed by atoms with Crippen LogP contribution in [0.25, 0.3) is 0 Å². The molecule has 1 saturated heterocycles. The molecule has 13 atom stereocenters. The zero-order valence-electron chi connectivity index (χ0n) is 22.6. The summed E-state index contributed by atoms with van der Waals surface area (Å²) in [6.07, 6.45) is 5.76. The average molecular weight is 503 g/mol. The summed E-state index contributed by atoms with van der Waals surface area (Å²) in [7, 11) is 0. The van der Waals surface area contributed by atoms with Crippen molar-refractivity contribution in [2.75, 3.05) is 0 Å². The second-order valence-electron chi connectivity index (χ2n) is 14.3. The molecule has 36 heavy (non-hydrogen) atoms. The van der Waals surface area contributed by atoms with Crippen LogP contribution in [-0.2, 0) is 9.53 Å². The fourth-order valence-electron chi connectivity index (χ4n) is 10.4. The number of carbonyl (C=O) groups is 1. The summed E-state index contributed by atoms with van der Waals surface area (Å²) in [5.41, 5.74) is -2.29. The van der Waals surface area contributed by atoms with Crippen LogP contribution in [0.4, 0.5) is 0 Å². The molecule has 5 fully saturated rings. The van der Waals surface area contributed by atoms with Gasteiger partial charge in [0.05, 0.1) is 29.5 Å². The van der Waals surface area contributed by atoms with Gasteiger partial charge >= 0.3 is 0 Å². The van der Waals surface area contributed by atoms with Crippen LogP contribution >= 0.6 is 0 Å². The van der Waals surface area contributed by atoms with E-state index < -0.39 is 28.8 Å². The van der Waals surface area contributed by atoms with Crippen molar-refractivity contribution in [3.63, 3.8) is 0 Å². The SMILES string of the molecule is CC(C)[C@@H](C)[C@@H]1O[C@H]1[C@](C)(O)[C@H]1CC[C@@]2(O)C3=CC(=O)[C@@H]4[C@H]5CCC[C@@]4(C[C@H](O)[C@@H]5O)[C@H]3CC[C@]12C. The summed E-state index contributed by atoms with van der Waals surface area (Å²) in [4.78, 5) is 13.7. The Kier molecular flexibility index (Phi) is 5.58. The van der Waals surface area contributed by atoms with Gasteiger partial charge < -0.3 is 25.2 Å². The smallest absolute Gasteiger partial charge is 0.159 e. The van der Waals surface area contributed by atoms with Gasteiger partial charge in [0.25, 0.3) is 0 Å². The van der Waals surface area contributed by atoms with Gasteiger partial charge in [-0.25, -0.2) is 0 Å². The number of hydrogen-bond donors (Lipinski definition) is 4. The largest absolute Gasteiger partial charge is 0.390 e. The number of fused-ring (bicyclic) bond motifs is 3. The van der Waals surface area contributed by atoms with Gasteiger partial charge in [0.15, 0.2) is 5.78 Å².